The van der Waals surface area contributed by atoms with Gasteiger partial charge < -0.3 is 9.88 Å². The van der Waals surface area contributed by atoms with E-state index in [0.717, 1.165) is 17.7 Å². The van der Waals surface area contributed by atoms with Crippen molar-refractivity contribution in [3.8, 4) is 5.69 Å². The first-order valence-electron chi connectivity index (χ1n) is 8.97. The van der Waals surface area contributed by atoms with E-state index >= 15 is 0 Å². The summed E-state index contributed by atoms with van der Waals surface area (Å²) in [6, 6.07) is 15.1. The average molecular weight is 360 g/mol. The van der Waals surface area contributed by atoms with E-state index < -0.39 is 0 Å². The van der Waals surface area contributed by atoms with Crippen LogP contribution in [0.25, 0.3) is 5.69 Å². The molecule has 4 rings (SSSR count). The number of hydrogen-bond acceptors (Lipinski definition) is 3. The number of carbonyl (C=O) groups excluding carboxylic acids is 2. The number of anilines is 1. The zero-order valence-electron chi connectivity index (χ0n) is 14.8. The Bertz CT molecular complexity index is 949. The van der Waals surface area contributed by atoms with E-state index in [9.17, 15) is 9.59 Å². The van der Waals surface area contributed by atoms with Gasteiger partial charge in [-0.15, -0.1) is 0 Å². The number of rotatable bonds is 5. The molecule has 6 heteroatoms. The maximum atomic E-state index is 12.4. The Morgan fingerprint density at radius 3 is 2.59 bits per heavy atom. The smallest absolute Gasteiger partial charge is 0.251 e. The molecule has 0 bridgehead atoms. The van der Waals surface area contributed by atoms with Gasteiger partial charge in [0.2, 0.25) is 5.91 Å². The van der Waals surface area contributed by atoms with Crippen molar-refractivity contribution in [1.82, 2.24) is 14.9 Å². The van der Waals surface area contributed by atoms with Crippen LogP contribution in [0.1, 0.15) is 28.8 Å². The molecule has 0 atom stereocenters. The second-order valence-electron chi connectivity index (χ2n) is 6.49. The van der Waals surface area contributed by atoms with Crippen molar-refractivity contribution in [2.75, 3.05) is 11.4 Å². The molecule has 1 saturated heterocycles. The highest BCUT2D eigenvalue weighted by molar-refractivity contribution is 5.95. The van der Waals surface area contributed by atoms with E-state index in [-0.39, 0.29) is 11.8 Å². The predicted octanol–water partition coefficient (Wildman–Crippen LogP) is 2.93. The molecule has 0 radical (unpaired) electrons. The van der Waals surface area contributed by atoms with Gasteiger partial charge >= 0.3 is 0 Å². The van der Waals surface area contributed by atoms with Crippen molar-refractivity contribution in [2.45, 2.75) is 19.4 Å². The van der Waals surface area contributed by atoms with Gasteiger partial charge in [0.05, 0.1) is 0 Å². The van der Waals surface area contributed by atoms with Crippen molar-refractivity contribution >= 4 is 17.6 Å². The van der Waals surface area contributed by atoms with Gasteiger partial charge in [0.25, 0.3) is 5.91 Å². The van der Waals surface area contributed by atoms with E-state index in [1.54, 1.807) is 11.1 Å². The summed E-state index contributed by atoms with van der Waals surface area (Å²) in [7, 11) is 0. The molecular weight excluding hydrogens is 340 g/mol. The van der Waals surface area contributed by atoms with Gasteiger partial charge in [0.15, 0.2) is 0 Å². The topological polar surface area (TPSA) is 67.2 Å². The molecule has 0 aliphatic carbocycles. The first-order chi connectivity index (χ1) is 13.2. The second-order valence-corrected chi connectivity index (χ2v) is 6.49. The standard InChI is InChI=1S/C21H20N4O2/c26-20-4-3-13-25(20)19-14-16(9-10-22-19)15-23-21(27)17-5-7-18(8-6-17)24-11-1-2-12-24/h1-2,5-12,14H,3-4,13,15H2,(H,23,27). The third-order valence-electron chi connectivity index (χ3n) is 4.65. The van der Waals surface area contributed by atoms with E-state index in [1.165, 1.54) is 0 Å². The SMILES string of the molecule is O=C(NCc1ccnc(N2CCCC2=O)c1)c1ccc(-n2cccc2)cc1. The minimum atomic E-state index is -0.135. The number of hydrogen-bond donors (Lipinski definition) is 1. The van der Waals surface area contributed by atoms with E-state index in [1.807, 2.05) is 65.5 Å². The van der Waals surface area contributed by atoms with Crippen LogP contribution in [0.15, 0.2) is 67.1 Å². The molecule has 136 valence electrons. The summed E-state index contributed by atoms with van der Waals surface area (Å²) < 4.78 is 1.99. The molecule has 1 N–H and O–H groups in total. The number of nitrogens with zero attached hydrogens (tertiary/aromatic N) is 3. The van der Waals surface area contributed by atoms with E-state index in [0.29, 0.717) is 30.9 Å². The zero-order valence-corrected chi connectivity index (χ0v) is 14.8. The summed E-state index contributed by atoms with van der Waals surface area (Å²) >= 11 is 0. The molecule has 2 aromatic heterocycles. The van der Waals surface area contributed by atoms with Crippen molar-refractivity contribution in [3.05, 3.63) is 78.2 Å². The summed E-state index contributed by atoms with van der Waals surface area (Å²) in [5, 5.41) is 2.92. The van der Waals surface area contributed by atoms with Crippen molar-refractivity contribution in [2.24, 2.45) is 0 Å². The Balaban J connectivity index is 1.40. The zero-order chi connectivity index (χ0) is 18.6. The van der Waals surface area contributed by atoms with Crippen LogP contribution in [-0.2, 0) is 11.3 Å². The van der Waals surface area contributed by atoms with Gasteiger partial charge in [-0.2, -0.15) is 0 Å². The van der Waals surface area contributed by atoms with Crippen LogP contribution < -0.4 is 10.2 Å². The highest BCUT2D eigenvalue weighted by atomic mass is 16.2. The first kappa shape index (κ1) is 17.0. The summed E-state index contributed by atoms with van der Waals surface area (Å²) in [5.74, 6) is 0.622. The maximum absolute atomic E-state index is 12.4. The fraction of sp³-hybridized carbons (Fsp3) is 0.190. The predicted molar refractivity (Wildman–Crippen MR) is 103 cm³/mol. The Labute approximate surface area is 157 Å². The van der Waals surface area contributed by atoms with Gasteiger partial charge in [0, 0.05) is 49.4 Å². The van der Waals surface area contributed by atoms with Crippen LogP contribution >= 0.6 is 0 Å². The molecule has 3 heterocycles. The van der Waals surface area contributed by atoms with E-state index in [4.69, 9.17) is 0 Å². The van der Waals surface area contributed by atoms with Crippen LogP contribution in [-0.4, -0.2) is 27.9 Å². The molecule has 0 saturated carbocycles. The second kappa shape index (κ2) is 7.45. The fourth-order valence-electron chi connectivity index (χ4n) is 3.18. The number of carbonyl (C=O) groups is 2. The van der Waals surface area contributed by atoms with Crippen LogP contribution in [0.4, 0.5) is 5.82 Å². The Kier molecular flexibility index (Phi) is 4.70. The first-order valence-corrected chi connectivity index (χ1v) is 8.97. The lowest BCUT2D eigenvalue weighted by atomic mass is 10.2. The molecule has 0 spiro atoms. The molecule has 3 aromatic rings. The number of benzene rings is 1. The molecule has 1 aromatic carbocycles. The minimum absolute atomic E-state index is 0.103. The molecule has 1 fully saturated rings. The summed E-state index contributed by atoms with van der Waals surface area (Å²) in [5.41, 5.74) is 2.53. The molecule has 0 unspecified atom stereocenters. The monoisotopic (exact) mass is 360 g/mol. The summed E-state index contributed by atoms with van der Waals surface area (Å²) in [4.78, 5) is 30.3. The average Bonchev–Trinajstić information content (AvgIpc) is 3.38. The Hall–Kier alpha value is -3.41. The lowest BCUT2D eigenvalue weighted by Gasteiger charge is -2.15. The number of amides is 2. The molecule has 2 amide bonds. The number of pyridine rings is 1. The molecule has 1 aliphatic heterocycles. The maximum Gasteiger partial charge on any atom is 0.251 e. The minimum Gasteiger partial charge on any atom is -0.348 e. The van der Waals surface area contributed by atoms with E-state index in [2.05, 4.69) is 10.3 Å². The van der Waals surface area contributed by atoms with Crippen LogP contribution in [0, 0.1) is 0 Å². The molecule has 27 heavy (non-hydrogen) atoms. The van der Waals surface area contributed by atoms with Crippen molar-refractivity contribution in [3.63, 3.8) is 0 Å². The Morgan fingerprint density at radius 1 is 1.11 bits per heavy atom. The highest BCUT2D eigenvalue weighted by Gasteiger charge is 2.22. The molecule has 1 aliphatic rings. The highest BCUT2D eigenvalue weighted by Crippen LogP contribution is 2.19. The number of nitrogens with one attached hydrogen (secondary N) is 1. The van der Waals surface area contributed by atoms with Crippen LogP contribution in [0.5, 0.6) is 0 Å². The van der Waals surface area contributed by atoms with Gasteiger partial charge in [-0.05, 0) is 60.5 Å². The lowest BCUT2D eigenvalue weighted by Crippen LogP contribution is -2.26. The van der Waals surface area contributed by atoms with Gasteiger partial charge in [0.1, 0.15) is 5.82 Å². The van der Waals surface area contributed by atoms with Crippen LogP contribution in [0.3, 0.4) is 0 Å². The Morgan fingerprint density at radius 2 is 1.89 bits per heavy atom. The largest absolute Gasteiger partial charge is 0.348 e. The van der Waals surface area contributed by atoms with Gasteiger partial charge in [-0.1, -0.05) is 0 Å². The third kappa shape index (κ3) is 3.74. The van der Waals surface area contributed by atoms with Crippen molar-refractivity contribution in [1.29, 1.82) is 0 Å². The quantitative estimate of drug-likeness (QED) is 0.761. The van der Waals surface area contributed by atoms with Gasteiger partial charge in [-0.3, -0.25) is 14.5 Å². The fourth-order valence-corrected chi connectivity index (χ4v) is 3.18. The normalized spacial score (nSPS) is 13.8. The third-order valence-corrected chi connectivity index (χ3v) is 4.65. The van der Waals surface area contributed by atoms with Crippen molar-refractivity contribution < 1.29 is 9.59 Å². The molecule has 6 nitrogen and oxygen atoms in total. The summed E-state index contributed by atoms with van der Waals surface area (Å²) in [6.07, 6.45) is 7.03. The molecular formula is C21H20N4O2. The lowest BCUT2D eigenvalue weighted by molar-refractivity contribution is -0.117. The van der Waals surface area contributed by atoms with Crippen LogP contribution in [0.2, 0.25) is 0 Å². The summed E-state index contributed by atoms with van der Waals surface area (Å²) in [6.45, 7) is 1.09. The van der Waals surface area contributed by atoms with Gasteiger partial charge in [-0.25, -0.2) is 4.98 Å². The number of aromatic nitrogens is 2.